The number of unbranched alkanes of at least 4 members (excludes halogenated alkanes) is 1. The first kappa shape index (κ1) is 20.6. The highest BCUT2D eigenvalue weighted by Crippen LogP contribution is 2.23. The molecule has 0 radical (unpaired) electrons. The van der Waals surface area contributed by atoms with Crippen molar-refractivity contribution >= 4 is 40.0 Å². The summed E-state index contributed by atoms with van der Waals surface area (Å²) in [5.41, 5.74) is 4.98. The fourth-order valence-electron chi connectivity index (χ4n) is 3.12. The summed E-state index contributed by atoms with van der Waals surface area (Å²) in [5.74, 6) is 0.786. The number of benzene rings is 2. The number of thioether (sulfide) groups is 1. The van der Waals surface area contributed by atoms with E-state index in [1.54, 1.807) is 23.1 Å². The minimum Gasteiger partial charge on any atom is -0.352 e. The van der Waals surface area contributed by atoms with E-state index in [0.29, 0.717) is 12.1 Å². The summed E-state index contributed by atoms with van der Waals surface area (Å²) in [6.45, 7) is 2.70. The van der Waals surface area contributed by atoms with Gasteiger partial charge in [-0.15, -0.1) is 11.3 Å². The van der Waals surface area contributed by atoms with Gasteiger partial charge in [0, 0.05) is 28.9 Å². The lowest BCUT2D eigenvalue weighted by Crippen LogP contribution is -2.24. The van der Waals surface area contributed by atoms with Gasteiger partial charge in [0.25, 0.3) is 5.91 Å². The Kier molecular flexibility index (Phi) is 6.81. The number of H-pyrrole nitrogens is 1. The van der Waals surface area contributed by atoms with E-state index in [-0.39, 0.29) is 5.91 Å². The zero-order valence-electron chi connectivity index (χ0n) is 16.9. The highest BCUT2D eigenvalue weighted by atomic mass is 32.2. The monoisotopic (exact) mass is 436 g/mol. The van der Waals surface area contributed by atoms with Crippen LogP contribution in [0.2, 0.25) is 0 Å². The Bertz CT molecular complexity index is 1080. The molecule has 0 spiro atoms. The Morgan fingerprint density at radius 2 is 1.93 bits per heavy atom. The third-order valence-electron chi connectivity index (χ3n) is 4.73. The molecule has 2 heterocycles. The predicted molar refractivity (Wildman–Crippen MR) is 124 cm³/mol. The van der Waals surface area contributed by atoms with E-state index in [4.69, 9.17) is 0 Å². The zero-order chi connectivity index (χ0) is 20.8. The van der Waals surface area contributed by atoms with Crippen LogP contribution >= 0.6 is 23.1 Å². The fourth-order valence-corrected chi connectivity index (χ4v) is 4.78. The SMILES string of the molecule is Cc1csc(CCCCNC(=O)c2ccc(CSc3nc4ccccc4[nH]3)cc2)n1. The second-order valence-electron chi connectivity index (χ2n) is 7.14. The van der Waals surface area contributed by atoms with Gasteiger partial charge in [-0.2, -0.15) is 0 Å². The Balaban J connectivity index is 1.20. The van der Waals surface area contributed by atoms with E-state index >= 15 is 0 Å². The topological polar surface area (TPSA) is 70.7 Å². The number of aryl methyl sites for hydroxylation is 2. The van der Waals surface area contributed by atoms with Gasteiger partial charge in [0.05, 0.1) is 16.0 Å². The minimum absolute atomic E-state index is 0.0171. The first-order valence-electron chi connectivity index (χ1n) is 10.0. The van der Waals surface area contributed by atoms with Crippen LogP contribution in [-0.2, 0) is 12.2 Å². The van der Waals surface area contributed by atoms with Crippen molar-refractivity contribution in [1.82, 2.24) is 20.3 Å². The molecule has 30 heavy (non-hydrogen) atoms. The van der Waals surface area contributed by atoms with Crippen LogP contribution in [0.3, 0.4) is 0 Å². The lowest BCUT2D eigenvalue weighted by Gasteiger charge is -2.06. The number of imidazole rings is 1. The number of thiazole rings is 1. The van der Waals surface area contributed by atoms with Crippen molar-refractivity contribution in [2.45, 2.75) is 37.1 Å². The van der Waals surface area contributed by atoms with Crippen LogP contribution in [0.15, 0.2) is 59.1 Å². The molecule has 0 saturated carbocycles. The molecule has 7 heteroatoms. The number of hydrogen-bond donors (Lipinski definition) is 2. The smallest absolute Gasteiger partial charge is 0.251 e. The summed E-state index contributed by atoms with van der Waals surface area (Å²) in [4.78, 5) is 24.7. The van der Waals surface area contributed by atoms with Crippen molar-refractivity contribution in [3.63, 3.8) is 0 Å². The molecule has 4 rings (SSSR count). The summed E-state index contributed by atoms with van der Waals surface area (Å²) in [6.07, 6.45) is 2.97. The quantitative estimate of drug-likeness (QED) is 0.273. The molecule has 0 aliphatic carbocycles. The third-order valence-corrected chi connectivity index (χ3v) is 6.70. The molecule has 0 saturated heterocycles. The number of para-hydroxylation sites is 2. The number of amides is 1. The molecule has 0 aliphatic rings. The molecule has 1 amide bonds. The summed E-state index contributed by atoms with van der Waals surface area (Å²) >= 11 is 3.37. The Morgan fingerprint density at radius 1 is 1.10 bits per heavy atom. The first-order chi connectivity index (χ1) is 14.7. The van der Waals surface area contributed by atoms with Crippen molar-refractivity contribution < 1.29 is 4.79 Å². The minimum atomic E-state index is -0.0171. The molecule has 2 aromatic carbocycles. The lowest BCUT2D eigenvalue weighted by atomic mass is 10.1. The third kappa shape index (κ3) is 5.49. The number of hydrogen-bond acceptors (Lipinski definition) is 5. The number of aromatic nitrogens is 3. The maximum Gasteiger partial charge on any atom is 0.251 e. The van der Waals surface area contributed by atoms with Crippen molar-refractivity contribution in [3.8, 4) is 0 Å². The average Bonchev–Trinajstić information content (AvgIpc) is 3.37. The van der Waals surface area contributed by atoms with Gasteiger partial charge in [-0.1, -0.05) is 36.0 Å². The summed E-state index contributed by atoms with van der Waals surface area (Å²) in [5, 5.41) is 7.17. The number of fused-ring (bicyclic) bond motifs is 1. The number of nitrogens with one attached hydrogen (secondary N) is 2. The Morgan fingerprint density at radius 3 is 2.70 bits per heavy atom. The maximum absolute atomic E-state index is 12.3. The number of aromatic amines is 1. The fraction of sp³-hybridized carbons (Fsp3) is 0.261. The molecule has 4 aromatic rings. The van der Waals surface area contributed by atoms with Crippen molar-refractivity contribution in [1.29, 1.82) is 0 Å². The second-order valence-corrected chi connectivity index (χ2v) is 9.05. The van der Waals surface area contributed by atoms with Crippen LogP contribution < -0.4 is 5.32 Å². The van der Waals surface area contributed by atoms with Gasteiger partial charge in [-0.25, -0.2) is 9.97 Å². The number of carbonyl (C=O) groups excluding carboxylic acids is 1. The van der Waals surface area contributed by atoms with Crippen LogP contribution in [0, 0.1) is 6.92 Å². The largest absolute Gasteiger partial charge is 0.352 e. The van der Waals surface area contributed by atoms with Crippen LogP contribution in [0.25, 0.3) is 11.0 Å². The van der Waals surface area contributed by atoms with Gasteiger partial charge in [0.1, 0.15) is 0 Å². The zero-order valence-corrected chi connectivity index (χ0v) is 18.5. The summed E-state index contributed by atoms with van der Waals surface area (Å²) in [6, 6.07) is 15.8. The molecule has 0 bridgehead atoms. The average molecular weight is 437 g/mol. The molecule has 0 unspecified atom stereocenters. The molecule has 0 fully saturated rings. The molecule has 5 nitrogen and oxygen atoms in total. The Hall–Kier alpha value is -2.64. The standard InChI is InChI=1S/C23H24N4OS2/c1-16-14-29-21(25-16)8-4-5-13-24-22(28)18-11-9-17(10-12-18)15-30-23-26-19-6-2-3-7-20(19)27-23/h2-3,6-7,9-12,14H,4-5,8,13,15H2,1H3,(H,24,28)(H,26,27). The van der Waals surface area contributed by atoms with Gasteiger partial charge in [-0.3, -0.25) is 4.79 Å². The molecule has 2 N–H and O–H groups in total. The van der Waals surface area contributed by atoms with E-state index < -0.39 is 0 Å². The highest BCUT2D eigenvalue weighted by Gasteiger charge is 2.07. The van der Waals surface area contributed by atoms with Gasteiger partial charge < -0.3 is 10.3 Å². The number of rotatable bonds is 9. The summed E-state index contributed by atoms with van der Waals surface area (Å²) in [7, 11) is 0. The van der Waals surface area contributed by atoms with Crippen LogP contribution in [0.1, 0.15) is 39.5 Å². The van der Waals surface area contributed by atoms with E-state index in [2.05, 4.69) is 25.6 Å². The maximum atomic E-state index is 12.3. The Labute approximate surface area is 184 Å². The van der Waals surface area contributed by atoms with E-state index in [1.807, 2.05) is 55.5 Å². The summed E-state index contributed by atoms with van der Waals surface area (Å²) < 4.78 is 0. The predicted octanol–water partition coefficient (Wildman–Crippen LogP) is 5.37. The second kappa shape index (κ2) is 9.91. The molecule has 0 aliphatic heterocycles. The number of carbonyl (C=O) groups is 1. The lowest BCUT2D eigenvalue weighted by molar-refractivity contribution is 0.0953. The van der Waals surface area contributed by atoms with Gasteiger partial charge in [0.15, 0.2) is 5.16 Å². The van der Waals surface area contributed by atoms with Crippen LogP contribution in [0.4, 0.5) is 0 Å². The molecule has 0 atom stereocenters. The molecule has 154 valence electrons. The first-order valence-corrected chi connectivity index (χ1v) is 11.9. The molecular formula is C23H24N4OS2. The number of nitrogens with zero attached hydrogens (tertiary/aromatic N) is 2. The van der Waals surface area contributed by atoms with Crippen LogP contribution in [0.5, 0.6) is 0 Å². The van der Waals surface area contributed by atoms with Crippen molar-refractivity contribution in [2.75, 3.05) is 6.54 Å². The van der Waals surface area contributed by atoms with Crippen molar-refractivity contribution in [2.24, 2.45) is 0 Å². The van der Waals surface area contributed by atoms with Crippen molar-refractivity contribution in [3.05, 3.63) is 75.7 Å². The van der Waals surface area contributed by atoms with Crippen LogP contribution in [-0.4, -0.2) is 27.4 Å². The highest BCUT2D eigenvalue weighted by molar-refractivity contribution is 7.98. The normalized spacial score (nSPS) is 11.1. The molecular weight excluding hydrogens is 412 g/mol. The van der Waals surface area contributed by atoms with E-state index in [9.17, 15) is 4.79 Å². The van der Waals surface area contributed by atoms with E-state index in [0.717, 1.165) is 52.5 Å². The van der Waals surface area contributed by atoms with Gasteiger partial charge >= 0.3 is 0 Å². The molecule has 2 aromatic heterocycles. The van der Waals surface area contributed by atoms with Gasteiger partial charge in [-0.05, 0) is 56.0 Å². The van der Waals surface area contributed by atoms with E-state index in [1.165, 1.54) is 5.01 Å². The van der Waals surface area contributed by atoms with Gasteiger partial charge in [0.2, 0.25) is 0 Å².